The molecule has 0 aliphatic heterocycles. The molecule has 14 heavy (non-hydrogen) atoms. The van der Waals surface area contributed by atoms with Crippen molar-refractivity contribution < 1.29 is 8.42 Å². The van der Waals surface area contributed by atoms with Crippen molar-refractivity contribution in [3.05, 3.63) is 0 Å². The van der Waals surface area contributed by atoms with E-state index in [-0.39, 0.29) is 11.2 Å². The molecule has 0 spiro atoms. The average Bonchev–Trinajstić information content (AvgIpc) is 1.93. The molecule has 0 aliphatic rings. The van der Waals surface area contributed by atoms with Crippen LogP contribution in [0, 0.1) is 11.3 Å². The molecule has 0 aromatic heterocycles. The first-order chi connectivity index (χ1) is 6.17. The van der Waals surface area contributed by atoms with Crippen molar-refractivity contribution in [2.24, 2.45) is 17.1 Å². The van der Waals surface area contributed by atoms with Crippen LogP contribution in [0.3, 0.4) is 0 Å². The van der Waals surface area contributed by atoms with Crippen LogP contribution in [0.2, 0.25) is 0 Å². The Morgan fingerprint density at radius 1 is 1.29 bits per heavy atom. The van der Waals surface area contributed by atoms with E-state index >= 15 is 0 Å². The summed E-state index contributed by atoms with van der Waals surface area (Å²) in [4.78, 5) is 0. The quantitative estimate of drug-likeness (QED) is 0.764. The predicted molar refractivity (Wildman–Crippen MR) is 60.9 cm³/mol. The van der Waals surface area contributed by atoms with Gasteiger partial charge in [-0.25, -0.2) is 8.42 Å². The Bertz CT molecular complexity index is 252. The van der Waals surface area contributed by atoms with Crippen LogP contribution in [0.5, 0.6) is 0 Å². The molecule has 1 atom stereocenters. The lowest BCUT2D eigenvalue weighted by molar-refractivity contribution is 0.231. The third-order valence-corrected chi connectivity index (χ3v) is 3.61. The summed E-state index contributed by atoms with van der Waals surface area (Å²) in [6.45, 7) is 7.06. The van der Waals surface area contributed by atoms with Gasteiger partial charge in [0.25, 0.3) is 0 Å². The topological polar surface area (TPSA) is 60.2 Å². The number of hydrogen-bond acceptors (Lipinski definition) is 3. The van der Waals surface area contributed by atoms with Crippen LogP contribution in [0.4, 0.5) is 0 Å². The lowest BCUT2D eigenvalue weighted by Gasteiger charge is -2.29. The molecule has 0 fully saturated rings. The maximum atomic E-state index is 10.9. The highest BCUT2D eigenvalue weighted by molar-refractivity contribution is 7.90. The number of rotatable bonds is 5. The second-order valence-electron chi connectivity index (χ2n) is 5.07. The van der Waals surface area contributed by atoms with Crippen LogP contribution in [0.25, 0.3) is 0 Å². The summed E-state index contributed by atoms with van der Waals surface area (Å²) >= 11 is 0. The molecule has 3 nitrogen and oxygen atoms in total. The van der Waals surface area contributed by atoms with Crippen LogP contribution < -0.4 is 5.73 Å². The van der Waals surface area contributed by atoms with E-state index in [4.69, 9.17) is 5.73 Å². The molecular formula is C10H23NO2S. The number of nitrogens with two attached hydrogens (primary N) is 1. The van der Waals surface area contributed by atoms with E-state index < -0.39 is 9.84 Å². The first-order valence-electron chi connectivity index (χ1n) is 5.04. The fraction of sp³-hybridized carbons (Fsp3) is 1.00. The summed E-state index contributed by atoms with van der Waals surface area (Å²) in [5.74, 6) is 0.684. The van der Waals surface area contributed by atoms with Gasteiger partial charge in [-0.2, -0.15) is 0 Å². The number of sulfone groups is 1. The standard InChI is InChI=1S/C10H23NO2S/c1-10(2,3)9(8-11)6-5-7-14(4,12)13/h9H,5-8,11H2,1-4H3. The van der Waals surface area contributed by atoms with Gasteiger partial charge in [0, 0.05) is 12.0 Å². The van der Waals surface area contributed by atoms with Gasteiger partial charge in [0.2, 0.25) is 0 Å². The Kier molecular flexibility index (Phi) is 5.09. The average molecular weight is 221 g/mol. The molecule has 2 N–H and O–H groups in total. The third kappa shape index (κ3) is 6.38. The summed E-state index contributed by atoms with van der Waals surface area (Å²) in [5, 5.41) is 0. The zero-order chi connectivity index (χ0) is 11.4. The maximum Gasteiger partial charge on any atom is 0.147 e. The molecule has 0 amide bonds. The van der Waals surface area contributed by atoms with Crippen molar-refractivity contribution in [1.82, 2.24) is 0 Å². The normalized spacial score (nSPS) is 15.5. The van der Waals surface area contributed by atoms with Crippen molar-refractivity contribution >= 4 is 9.84 Å². The molecule has 0 aliphatic carbocycles. The Hall–Kier alpha value is -0.0900. The van der Waals surface area contributed by atoms with Crippen molar-refractivity contribution in [2.75, 3.05) is 18.6 Å². The van der Waals surface area contributed by atoms with E-state index in [1.807, 2.05) is 0 Å². The fourth-order valence-corrected chi connectivity index (χ4v) is 2.19. The summed E-state index contributed by atoms with van der Waals surface area (Å²) in [6.07, 6.45) is 2.90. The van der Waals surface area contributed by atoms with Crippen LogP contribution in [0.15, 0.2) is 0 Å². The van der Waals surface area contributed by atoms with E-state index in [0.717, 1.165) is 12.8 Å². The number of hydrogen-bond donors (Lipinski definition) is 1. The molecule has 0 bridgehead atoms. The second-order valence-corrected chi connectivity index (χ2v) is 7.33. The van der Waals surface area contributed by atoms with Crippen molar-refractivity contribution in [3.63, 3.8) is 0 Å². The summed E-state index contributed by atoms with van der Waals surface area (Å²) in [6, 6.07) is 0. The fourth-order valence-electron chi connectivity index (χ4n) is 1.50. The van der Waals surface area contributed by atoms with E-state index in [2.05, 4.69) is 20.8 Å². The van der Waals surface area contributed by atoms with Crippen LogP contribution in [0.1, 0.15) is 33.6 Å². The smallest absolute Gasteiger partial charge is 0.147 e. The first kappa shape index (κ1) is 13.9. The van der Waals surface area contributed by atoms with Crippen molar-refractivity contribution in [2.45, 2.75) is 33.6 Å². The third-order valence-electron chi connectivity index (χ3n) is 2.58. The lowest BCUT2D eigenvalue weighted by atomic mass is 9.78. The highest BCUT2D eigenvalue weighted by atomic mass is 32.2. The molecule has 0 radical (unpaired) electrons. The molecule has 0 rings (SSSR count). The summed E-state index contributed by atoms with van der Waals surface area (Å²) < 4.78 is 21.8. The molecule has 0 saturated heterocycles. The molecule has 0 aromatic rings. The minimum absolute atomic E-state index is 0.173. The van der Waals surface area contributed by atoms with Crippen molar-refractivity contribution in [1.29, 1.82) is 0 Å². The lowest BCUT2D eigenvalue weighted by Crippen LogP contribution is -2.28. The van der Waals surface area contributed by atoms with Gasteiger partial charge in [0.1, 0.15) is 9.84 Å². The van der Waals surface area contributed by atoms with Gasteiger partial charge in [-0.05, 0) is 30.7 Å². The maximum absolute atomic E-state index is 10.9. The van der Waals surface area contributed by atoms with Gasteiger partial charge in [0.15, 0.2) is 0 Å². The van der Waals surface area contributed by atoms with Crippen molar-refractivity contribution in [3.8, 4) is 0 Å². The molecule has 0 saturated carbocycles. The van der Waals surface area contributed by atoms with Gasteiger partial charge in [0.05, 0.1) is 0 Å². The molecule has 0 heterocycles. The largest absolute Gasteiger partial charge is 0.330 e. The molecule has 0 aromatic carbocycles. The molecule has 86 valence electrons. The Morgan fingerprint density at radius 3 is 2.07 bits per heavy atom. The minimum Gasteiger partial charge on any atom is -0.330 e. The highest BCUT2D eigenvalue weighted by Crippen LogP contribution is 2.28. The van der Waals surface area contributed by atoms with Crippen LogP contribution in [-0.4, -0.2) is 27.0 Å². The monoisotopic (exact) mass is 221 g/mol. The Morgan fingerprint density at radius 2 is 1.79 bits per heavy atom. The summed E-state index contributed by atoms with van der Waals surface area (Å²) in [7, 11) is -2.81. The Labute approximate surface area is 88.0 Å². The zero-order valence-electron chi connectivity index (χ0n) is 9.71. The first-order valence-corrected chi connectivity index (χ1v) is 7.10. The predicted octanol–water partition coefficient (Wildman–Crippen LogP) is 1.43. The zero-order valence-corrected chi connectivity index (χ0v) is 10.5. The van der Waals surface area contributed by atoms with E-state index in [1.165, 1.54) is 6.26 Å². The summed E-state index contributed by atoms with van der Waals surface area (Å²) in [5.41, 5.74) is 5.83. The van der Waals surface area contributed by atoms with E-state index in [9.17, 15) is 8.42 Å². The van der Waals surface area contributed by atoms with E-state index in [0.29, 0.717) is 12.5 Å². The molecule has 4 heteroatoms. The Balaban J connectivity index is 3.99. The van der Waals surface area contributed by atoms with Gasteiger partial charge in [-0.1, -0.05) is 20.8 Å². The van der Waals surface area contributed by atoms with Gasteiger partial charge < -0.3 is 5.73 Å². The van der Waals surface area contributed by atoms with Gasteiger partial charge >= 0.3 is 0 Å². The van der Waals surface area contributed by atoms with Gasteiger partial charge in [-0.15, -0.1) is 0 Å². The minimum atomic E-state index is -2.81. The molecular weight excluding hydrogens is 198 g/mol. The van der Waals surface area contributed by atoms with Gasteiger partial charge in [-0.3, -0.25) is 0 Å². The van der Waals surface area contributed by atoms with Crippen LogP contribution >= 0.6 is 0 Å². The second kappa shape index (κ2) is 5.12. The van der Waals surface area contributed by atoms with E-state index in [1.54, 1.807) is 0 Å². The highest BCUT2D eigenvalue weighted by Gasteiger charge is 2.22. The molecule has 1 unspecified atom stereocenters. The SMILES string of the molecule is CC(C)(C)C(CN)CCCS(C)(=O)=O. The van der Waals surface area contributed by atoms with Crippen LogP contribution in [-0.2, 0) is 9.84 Å².